The molecule has 3 nitrogen and oxygen atoms in total. The second kappa shape index (κ2) is 3.82. The van der Waals surface area contributed by atoms with Crippen molar-refractivity contribution in [1.29, 1.82) is 0 Å². The van der Waals surface area contributed by atoms with Gasteiger partial charge in [-0.2, -0.15) is 0 Å². The molecular weight excluding hydrogens is 127 g/mol. The molecule has 0 unspecified atom stereocenters. The number of nitrogens with one attached hydrogen (secondary N) is 1. The molecule has 0 aliphatic rings. The van der Waals surface area contributed by atoms with E-state index in [9.17, 15) is 4.79 Å². The fourth-order valence-corrected chi connectivity index (χ4v) is 0.425. The fraction of sp³-hybridized carbons (Fsp3) is 0.200. The van der Waals surface area contributed by atoms with E-state index in [4.69, 9.17) is 0 Å². The van der Waals surface area contributed by atoms with E-state index in [2.05, 4.69) is 9.97 Å². The minimum Gasteiger partial charge on any atom is -1.00 e. The molecule has 0 atom stereocenters. The minimum absolute atomic E-state index is 0. The molecule has 0 spiro atoms. The van der Waals surface area contributed by atoms with Gasteiger partial charge in [-0.3, -0.25) is 9.78 Å². The Morgan fingerprint density at radius 3 is 2.78 bits per heavy atom. The van der Waals surface area contributed by atoms with Crippen molar-refractivity contribution in [3.05, 3.63) is 28.4 Å². The van der Waals surface area contributed by atoms with E-state index in [1.807, 2.05) is 0 Å². The van der Waals surface area contributed by atoms with Crippen molar-refractivity contribution in [3.63, 3.8) is 0 Å². The number of hydrogen-bond donors (Lipinski definition) is 1. The van der Waals surface area contributed by atoms with E-state index >= 15 is 0 Å². The van der Waals surface area contributed by atoms with Crippen LogP contribution in [0.15, 0.2) is 17.2 Å². The van der Waals surface area contributed by atoms with Gasteiger partial charge in [-0.1, -0.05) is 0 Å². The summed E-state index contributed by atoms with van der Waals surface area (Å²) in [6.07, 6.45) is 3.06. The van der Waals surface area contributed by atoms with Crippen LogP contribution in [0.5, 0.6) is 0 Å². The Balaban J connectivity index is 0. The van der Waals surface area contributed by atoms with Gasteiger partial charge in [-0.15, -0.1) is 0 Å². The number of aryl methyl sites for hydroxylation is 1. The quantitative estimate of drug-likeness (QED) is 0.389. The Labute approximate surface area is 76.3 Å². The van der Waals surface area contributed by atoms with Crippen LogP contribution in [0.3, 0.4) is 0 Å². The molecule has 0 saturated carbocycles. The van der Waals surface area contributed by atoms with E-state index < -0.39 is 0 Å². The Bertz CT molecular complexity index is 237. The molecule has 0 fully saturated rings. The molecule has 0 saturated heterocycles. The van der Waals surface area contributed by atoms with Crippen molar-refractivity contribution in [2.45, 2.75) is 6.92 Å². The van der Waals surface area contributed by atoms with Gasteiger partial charge >= 0.3 is 29.6 Å². The molecule has 0 radical (unpaired) electrons. The van der Waals surface area contributed by atoms with Crippen LogP contribution in [0.2, 0.25) is 0 Å². The van der Waals surface area contributed by atoms with Gasteiger partial charge in [0.2, 0.25) is 0 Å². The zero-order valence-corrected chi connectivity index (χ0v) is 7.51. The van der Waals surface area contributed by atoms with Crippen LogP contribution in [0.4, 0.5) is 0 Å². The van der Waals surface area contributed by atoms with Crippen molar-refractivity contribution < 1.29 is 31.0 Å². The smallest absolute Gasteiger partial charge is 1.00 e. The molecule has 44 valence electrons. The fourth-order valence-electron chi connectivity index (χ4n) is 0.425. The average molecular weight is 134 g/mol. The molecule has 0 aromatic carbocycles. The molecule has 0 amide bonds. The number of H-pyrrole nitrogens is 1. The molecule has 1 aromatic rings. The maximum Gasteiger partial charge on any atom is 1.00 e. The molecule has 1 N–H and O–H groups in total. The predicted octanol–water partition coefficient (Wildman–Crippen LogP) is -2.81. The van der Waals surface area contributed by atoms with Gasteiger partial charge in [-0.25, -0.2) is 0 Å². The standard InChI is InChI=1S/C5H6N2O.Na.H/c1-4-5(8)7-3-2-6-4;;/h2-3H,1H3,(H,7,8);;/q;+1;-1. The second-order valence-corrected chi connectivity index (χ2v) is 1.50. The van der Waals surface area contributed by atoms with Gasteiger partial charge < -0.3 is 6.41 Å². The number of nitrogens with zero attached hydrogens (tertiary/aromatic N) is 1. The maximum absolute atomic E-state index is 10.5. The summed E-state index contributed by atoms with van der Waals surface area (Å²) in [7, 11) is 0. The van der Waals surface area contributed by atoms with Crippen LogP contribution in [-0.4, -0.2) is 9.97 Å². The third-order valence-electron chi connectivity index (χ3n) is 0.886. The van der Waals surface area contributed by atoms with E-state index in [0.717, 1.165) is 0 Å². The molecule has 0 aliphatic carbocycles. The second-order valence-electron chi connectivity index (χ2n) is 1.50. The Morgan fingerprint density at radius 1 is 1.78 bits per heavy atom. The summed E-state index contributed by atoms with van der Waals surface area (Å²) < 4.78 is 0. The van der Waals surface area contributed by atoms with Gasteiger partial charge in [0.15, 0.2) is 0 Å². The van der Waals surface area contributed by atoms with Crippen LogP contribution in [0.25, 0.3) is 0 Å². The van der Waals surface area contributed by atoms with Crippen molar-refractivity contribution in [2.75, 3.05) is 0 Å². The van der Waals surface area contributed by atoms with Crippen LogP contribution in [-0.2, 0) is 0 Å². The molecule has 0 aliphatic heterocycles. The first-order chi connectivity index (χ1) is 3.80. The molecule has 4 heteroatoms. The van der Waals surface area contributed by atoms with Crippen molar-refractivity contribution in [1.82, 2.24) is 9.97 Å². The number of aromatic amines is 1. The van der Waals surface area contributed by atoms with Crippen LogP contribution < -0.4 is 35.1 Å². The summed E-state index contributed by atoms with van der Waals surface area (Å²) in [6, 6.07) is 0. The monoisotopic (exact) mass is 134 g/mol. The molecule has 0 bridgehead atoms. The van der Waals surface area contributed by atoms with E-state index in [0.29, 0.717) is 5.69 Å². The first-order valence-electron chi connectivity index (χ1n) is 2.31. The van der Waals surface area contributed by atoms with Gasteiger partial charge in [0.05, 0.1) is 0 Å². The molecule has 1 heterocycles. The third kappa shape index (κ3) is 2.30. The molecular formula is C5H7N2NaO. The van der Waals surface area contributed by atoms with Gasteiger partial charge in [-0.05, 0) is 6.92 Å². The van der Waals surface area contributed by atoms with Gasteiger partial charge in [0, 0.05) is 12.4 Å². The zero-order chi connectivity index (χ0) is 5.98. The zero-order valence-electron chi connectivity index (χ0n) is 6.51. The number of aromatic nitrogens is 2. The summed E-state index contributed by atoms with van der Waals surface area (Å²) in [5, 5.41) is 0. The summed E-state index contributed by atoms with van der Waals surface area (Å²) >= 11 is 0. The topological polar surface area (TPSA) is 45.8 Å². The van der Waals surface area contributed by atoms with Crippen molar-refractivity contribution in [2.24, 2.45) is 0 Å². The maximum atomic E-state index is 10.5. The van der Waals surface area contributed by atoms with Crippen LogP contribution in [0, 0.1) is 6.92 Å². The third-order valence-corrected chi connectivity index (χ3v) is 0.886. The molecule has 1 aromatic heterocycles. The van der Waals surface area contributed by atoms with Crippen molar-refractivity contribution in [3.8, 4) is 0 Å². The Morgan fingerprint density at radius 2 is 2.44 bits per heavy atom. The van der Waals surface area contributed by atoms with E-state index in [1.165, 1.54) is 6.20 Å². The summed E-state index contributed by atoms with van der Waals surface area (Å²) in [5.74, 6) is 0. The SMILES string of the molecule is Cc1ncc[nH]c1=O.[H-].[Na+]. The molecule has 1 rings (SSSR count). The number of rotatable bonds is 0. The largest absolute Gasteiger partial charge is 1.00 e. The minimum atomic E-state index is -0.118. The Hall–Kier alpha value is -0.120. The van der Waals surface area contributed by atoms with Crippen molar-refractivity contribution >= 4 is 0 Å². The first kappa shape index (κ1) is 8.88. The summed E-state index contributed by atoms with van der Waals surface area (Å²) in [4.78, 5) is 16.7. The van der Waals surface area contributed by atoms with Crippen LogP contribution >= 0.6 is 0 Å². The summed E-state index contributed by atoms with van der Waals surface area (Å²) in [5.41, 5.74) is 0.389. The summed E-state index contributed by atoms with van der Waals surface area (Å²) in [6.45, 7) is 1.67. The predicted molar refractivity (Wildman–Crippen MR) is 30.7 cm³/mol. The normalized spacial score (nSPS) is 8.11. The van der Waals surface area contributed by atoms with Gasteiger partial charge in [0.1, 0.15) is 5.69 Å². The number of hydrogen-bond acceptors (Lipinski definition) is 2. The van der Waals surface area contributed by atoms with E-state index in [1.54, 1.807) is 13.1 Å². The molecule has 9 heavy (non-hydrogen) atoms. The average Bonchev–Trinajstić information content (AvgIpc) is 1.77. The first-order valence-corrected chi connectivity index (χ1v) is 2.31. The van der Waals surface area contributed by atoms with Gasteiger partial charge in [0.25, 0.3) is 5.56 Å². The Kier molecular flexibility index (Phi) is 3.77. The van der Waals surface area contributed by atoms with E-state index in [-0.39, 0.29) is 36.5 Å². The van der Waals surface area contributed by atoms with Crippen LogP contribution in [0.1, 0.15) is 7.12 Å².